The standard InChI is InChI=1S/C23H22F3NO4/c1-22(2,3)20(29)17-18(15-10-5-6-11-16(15)31-4)27(21(30)19(17)28)14-9-7-8-13(12-14)23(24,25)26/h5-12,28,30H,1-4H3. The van der Waals surface area contributed by atoms with Gasteiger partial charge in [0.25, 0.3) is 0 Å². The molecule has 0 radical (unpaired) electrons. The molecule has 0 saturated carbocycles. The molecule has 8 heteroatoms. The first-order valence-corrected chi connectivity index (χ1v) is 9.40. The van der Waals surface area contributed by atoms with E-state index in [4.69, 9.17) is 4.74 Å². The van der Waals surface area contributed by atoms with E-state index in [2.05, 4.69) is 0 Å². The molecule has 0 aliphatic heterocycles. The SMILES string of the molecule is COc1ccccc1-c1c(C(=O)C(C)(C)C)c(O)c(O)n1-c1cccc(C(F)(F)F)c1. The number of hydrogen-bond donors (Lipinski definition) is 2. The Bertz CT molecular complexity index is 1140. The maximum absolute atomic E-state index is 13.3. The van der Waals surface area contributed by atoms with Crippen molar-refractivity contribution in [2.45, 2.75) is 26.9 Å². The van der Waals surface area contributed by atoms with Crippen LogP contribution in [0.3, 0.4) is 0 Å². The number of carbonyl (C=O) groups excluding carboxylic acids is 1. The summed E-state index contributed by atoms with van der Waals surface area (Å²) in [5.74, 6) is -1.63. The van der Waals surface area contributed by atoms with E-state index in [1.807, 2.05) is 0 Å². The van der Waals surface area contributed by atoms with Gasteiger partial charge < -0.3 is 14.9 Å². The zero-order valence-electron chi connectivity index (χ0n) is 17.4. The quantitative estimate of drug-likeness (QED) is 0.509. The Morgan fingerprint density at radius 1 is 1.00 bits per heavy atom. The van der Waals surface area contributed by atoms with Gasteiger partial charge in [0, 0.05) is 16.7 Å². The van der Waals surface area contributed by atoms with Crippen LogP contribution in [0.4, 0.5) is 13.2 Å². The lowest BCUT2D eigenvalue weighted by atomic mass is 9.85. The molecule has 0 aliphatic carbocycles. The third-order valence-electron chi connectivity index (χ3n) is 4.82. The number of Topliss-reactive ketones (excluding diaryl/α,β-unsaturated/α-hetero) is 1. The second-order valence-electron chi connectivity index (χ2n) is 8.06. The molecule has 0 aliphatic rings. The average Bonchev–Trinajstić information content (AvgIpc) is 2.96. The largest absolute Gasteiger partial charge is 0.503 e. The number of benzene rings is 2. The summed E-state index contributed by atoms with van der Waals surface area (Å²) in [5, 5.41) is 21.4. The topological polar surface area (TPSA) is 71.7 Å². The number of aromatic hydroxyl groups is 2. The van der Waals surface area contributed by atoms with Crippen LogP contribution in [0.15, 0.2) is 48.5 Å². The van der Waals surface area contributed by atoms with Crippen molar-refractivity contribution in [1.82, 2.24) is 4.57 Å². The molecule has 0 saturated heterocycles. The van der Waals surface area contributed by atoms with Gasteiger partial charge in [-0.3, -0.25) is 9.36 Å². The molecule has 3 aromatic rings. The molecule has 164 valence electrons. The van der Waals surface area contributed by atoms with Crippen LogP contribution in [-0.4, -0.2) is 27.7 Å². The molecule has 0 fully saturated rings. The summed E-state index contributed by atoms with van der Waals surface area (Å²) >= 11 is 0. The van der Waals surface area contributed by atoms with E-state index in [0.717, 1.165) is 16.7 Å². The van der Waals surface area contributed by atoms with Crippen molar-refractivity contribution in [3.8, 4) is 34.3 Å². The number of methoxy groups -OCH3 is 1. The Balaban J connectivity index is 2.45. The van der Waals surface area contributed by atoms with E-state index in [-0.39, 0.29) is 16.9 Å². The molecule has 0 spiro atoms. The third-order valence-corrected chi connectivity index (χ3v) is 4.82. The number of carbonyl (C=O) groups is 1. The van der Waals surface area contributed by atoms with Gasteiger partial charge >= 0.3 is 6.18 Å². The number of nitrogens with zero attached hydrogens (tertiary/aromatic N) is 1. The van der Waals surface area contributed by atoms with Crippen LogP contribution in [0.25, 0.3) is 16.9 Å². The van der Waals surface area contributed by atoms with Crippen LogP contribution < -0.4 is 4.74 Å². The van der Waals surface area contributed by atoms with Crippen LogP contribution >= 0.6 is 0 Å². The summed E-state index contributed by atoms with van der Waals surface area (Å²) in [4.78, 5) is 13.2. The predicted molar refractivity (Wildman–Crippen MR) is 110 cm³/mol. The second kappa shape index (κ2) is 7.68. The predicted octanol–water partition coefficient (Wildman–Crippen LogP) is 5.81. The minimum atomic E-state index is -4.62. The van der Waals surface area contributed by atoms with E-state index >= 15 is 0 Å². The van der Waals surface area contributed by atoms with Crippen molar-refractivity contribution in [2.24, 2.45) is 5.41 Å². The molecule has 0 bridgehead atoms. The van der Waals surface area contributed by atoms with Gasteiger partial charge in [-0.15, -0.1) is 0 Å². The molecular formula is C23H22F3NO4. The van der Waals surface area contributed by atoms with Gasteiger partial charge in [-0.25, -0.2) is 0 Å². The number of hydrogen-bond acceptors (Lipinski definition) is 4. The lowest BCUT2D eigenvalue weighted by Crippen LogP contribution is -2.21. The minimum Gasteiger partial charge on any atom is -0.503 e. The van der Waals surface area contributed by atoms with Crippen molar-refractivity contribution in [3.63, 3.8) is 0 Å². The summed E-state index contributed by atoms with van der Waals surface area (Å²) in [6.07, 6.45) is -4.62. The summed E-state index contributed by atoms with van der Waals surface area (Å²) in [5.41, 5.74) is -1.80. The van der Waals surface area contributed by atoms with Gasteiger partial charge in [-0.2, -0.15) is 13.2 Å². The van der Waals surface area contributed by atoms with Crippen LogP contribution in [0.1, 0.15) is 36.7 Å². The molecule has 31 heavy (non-hydrogen) atoms. The lowest BCUT2D eigenvalue weighted by molar-refractivity contribution is -0.137. The van der Waals surface area contributed by atoms with E-state index in [1.165, 1.54) is 19.2 Å². The summed E-state index contributed by atoms with van der Waals surface area (Å²) < 4.78 is 46.3. The van der Waals surface area contributed by atoms with Crippen molar-refractivity contribution in [1.29, 1.82) is 0 Å². The Hall–Kier alpha value is -3.42. The van der Waals surface area contributed by atoms with E-state index in [0.29, 0.717) is 11.3 Å². The van der Waals surface area contributed by atoms with Crippen LogP contribution in [0, 0.1) is 5.41 Å². The third kappa shape index (κ3) is 3.97. The highest BCUT2D eigenvalue weighted by Gasteiger charge is 2.36. The van der Waals surface area contributed by atoms with Gasteiger partial charge in [-0.05, 0) is 30.3 Å². The fraction of sp³-hybridized carbons (Fsp3) is 0.261. The molecule has 0 amide bonds. The average molecular weight is 433 g/mol. The van der Waals surface area contributed by atoms with Crippen molar-refractivity contribution in [2.75, 3.05) is 7.11 Å². The van der Waals surface area contributed by atoms with Crippen molar-refractivity contribution < 1.29 is 32.9 Å². The van der Waals surface area contributed by atoms with Gasteiger partial charge in [0.15, 0.2) is 11.5 Å². The Kier molecular flexibility index (Phi) is 5.52. The Morgan fingerprint density at radius 2 is 1.65 bits per heavy atom. The Labute approximate surface area is 177 Å². The van der Waals surface area contributed by atoms with Crippen molar-refractivity contribution in [3.05, 3.63) is 59.7 Å². The maximum Gasteiger partial charge on any atom is 0.416 e. The van der Waals surface area contributed by atoms with Gasteiger partial charge in [0.1, 0.15) is 5.75 Å². The highest BCUT2D eigenvalue weighted by Crippen LogP contribution is 2.47. The zero-order valence-corrected chi connectivity index (χ0v) is 17.4. The smallest absolute Gasteiger partial charge is 0.416 e. The molecule has 1 heterocycles. The minimum absolute atomic E-state index is 0.0340. The maximum atomic E-state index is 13.3. The fourth-order valence-corrected chi connectivity index (χ4v) is 3.31. The number of halogens is 3. The molecular weight excluding hydrogens is 411 g/mol. The number of para-hydroxylation sites is 1. The van der Waals surface area contributed by atoms with E-state index < -0.39 is 34.6 Å². The number of ether oxygens (including phenoxy) is 1. The first kappa shape index (κ1) is 22.3. The second-order valence-corrected chi connectivity index (χ2v) is 8.06. The first-order valence-electron chi connectivity index (χ1n) is 9.40. The van der Waals surface area contributed by atoms with E-state index in [1.54, 1.807) is 45.0 Å². The van der Waals surface area contributed by atoms with Crippen molar-refractivity contribution >= 4 is 5.78 Å². The monoisotopic (exact) mass is 433 g/mol. The summed E-state index contributed by atoms with van der Waals surface area (Å²) in [6, 6.07) is 10.8. The summed E-state index contributed by atoms with van der Waals surface area (Å²) in [6.45, 7) is 4.92. The van der Waals surface area contributed by atoms with Gasteiger partial charge in [0.2, 0.25) is 5.88 Å². The van der Waals surface area contributed by atoms with Crippen LogP contribution in [0.2, 0.25) is 0 Å². The fourth-order valence-electron chi connectivity index (χ4n) is 3.31. The zero-order chi connectivity index (χ0) is 23.1. The van der Waals surface area contributed by atoms with Crippen LogP contribution in [0.5, 0.6) is 17.4 Å². The molecule has 0 unspecified atom stereocenters. The highest BCUT2D eigenvalue weighted by atomic mass is 19.4. The molecule has 3 rings (SSSR count). The molecule has 0 atom stereocenters. The molecule has 2 N–H and O–H groups in total. The highest BCUT2D eigenvalue weighted by molar-refractivity contribution is 6.08. The Morgan fingerprint density at radius 3 is 2.23 bits per heavy atom. The molecule has 1 aromatic heterocycles. The number of aromatic nitrogens is 1. The normalized spacial score (nSPS) is 12.1. The van der Waals surface area contributed by atoms with Crippen LogP contribution in [-0.2, 0) is 6.18 Å². The van der Waals surface area contributed by atoms with E-state index in [9.17, 15) is 28.2 Å². The molecule has 5 nitrogen and oxygen atoms in total. The number of rotatable bonds is 4. The van der Waals surface area contributed by atoms with Gasteiger partial charge in [-0.1, -0.05) is 39.0 Å². The first-order chi connectivity index (χ1) is 14.4. The number of ketones is 1. The van der Waals surface area contributed by atoms with Gasteiger partial charge in [0.05, 0.1) is 23.9 Å². The lowest BCUT2D eigenvalue weighted by Gasteiger charge is -2.19. The number of alkyl halides is 3. The summed E-state index contributed by atoms with van der Waals surface area (Å²) in [7, 11) is 1.40. The molecule has 2 aromatic carbocycles.